The number of ketones is 1. The highest BCUT2D eigenvalue weighted by molar-refractivity contribution is 6.46. The van der Waals surface area contributed by atoms with Crippen LogP contribution in [-0.4, -0.2) is 64.5 Å². The lowest BCUT2D eigenvalue weighted by Gasteiger charge is -2.28. The van der Waals surface area contributed by atoms with E-state index in [1.165, 1.54) is 17.0 Å². The molecule has 7 nitrogen and oxygen atoms in total. The maximum atomic E-state index is 13.2. The van der Waals surface area contributed by atoms with Crippen LogP contribution in [0.4, 0.5) is 0 Å². The minimum atomic E-state index is -0.744. The second kappa shape index (κ2) is 11.9. The number of carbonyl (C=O) groups excluding carboxylic acids is 2. The van der Waals surface area contributed by atoms with E-state index in [2.05, 4.69) is 11.8 Å². The van der Waals surface area contributed by atoms with Gasteiger partial charge in [0.15, 0.2) is 0 Å². The van der Waals surface area contributed by atoms with E-state index in [1.54, 1.807) is 30.3 Å². The van der Waals surface area contributed by atoms with Gasteiger partial charge < -0.3 is 24.7 Å². The predicted molar refractivity (Wildman–Crippen MR) is 136 cm³/mol. The van der Waals surface area contributed by atoms with Gasteiger partial charge in [-0.2, -0.15) is 0 Å². The lowest BCUT2D eigenvalue weighted by molar-refractivity contribution is -0.140. The van der Waals surface area contributed by atoms with Crippen molar-refractivity contribution in [2.45, 2.75) is 46.6 Å². The molecule has 1 amide bonds. The number of phenols is 1. The van der Waals surface area contributed by atoms with Crippen molar-refractivity contribution in [3.8, 4) is 11.5 Å². The molecule has 1 aliphatic heterocycles. The molecule has 7 heteroatoms. The van der Waals surface area contributed by atoms with Crippen LogP contribution in [0.15, 0.2) is 48.0 Å². The first-order valence-electron chi connectivity index (χ1n) is 12.4. The summed E-state index contributed by atoms with van der Waals surface area (Å²) in [6.07, 6.45) is 1.98. The van der Waals surface area contributed by atoms with Crippen molar-refractivity contribution in [2.75, 3.05) is 32.8 Å². The van der Waals surface area contributed by atoms with Crippen LogP contribution >= 0.6 is 0 Å². The summed E-state index contributed by atoms with van der Waals surface area (Å²) in [5, 5.41) is 21.1. The van der Waals surface area contributed by atoms with Gasteiger partial charge in [0.05, 0.1) is 18.2 Å². The third-order valence-corrected chi connectivity index (χ3v) is 6.50. The molecule has 1 unspecified atom stereocenters. The van der Waals surface area contributed by atoms with E-state index in [1.807, 2.05) is 20.8 Å². The molecule has 0 spiro atoms. The first-order valence-corrected chi connectivity index (χ1v) is 12.4. The van der Waals surface area contributed by atoms with Gasteiger partial charge in [0.2, 0.25) is 0 Å². The first kappa shape index (κ1) is 26.3. The molecule has 35 heavy (non-hydrogen) atoms. The van der Waals surface area contributed by atoms with Crippen molar-refractivity contribution in [3.05, 3.63) is 64.7 Å². The molecule has 0 bridgehead atoms. The van der Waals surface area contributed by atoms with Crippen LogP contribution < -0.4 is 4.74 Å². The largest absolute Gasteiger partial charge is 0.508 e. The monoisotopic (exact) mass is 480 g/mol. The molecular weight excluding hydrogens is 444 g/mol. The molecule has 2 aromatic rings. The number of likely N-dealkylation sites (tertiary alicyclic amines) is 1. The second-order valence-electron chi connectivity index (χ2n) is 8.79. The van der Waals surface area contributed by atoms with E-state index in [-0.39, 0.29) is 17.1 Å². The topological polar surface area (TPSA) is 90.3 Å². The Morgan fingerprint density at radius 3 is 2.34 bits per heavy atom. The SMILES string of the molecule is CCCCOc1ccc(/C(O)=C2/C(=O)C(=O)N(CCN(CC)CC)C2c2ccc(O)cc2)cc1C. The molecule has 1 saturated heterocycles. The number of phenolic OH excluding ortho intramolecular Hbond substituents is 1. The average Bonchev–Trinajstić information content (AvgIpc) is 3.10. The maximum absolute atomic E-state index is 13.2. The van der Waals surface area contributed by atoms with Crippen LogP contribution in [0.3, 0.4) is 0 Å². The highest BCUT2D eigenvalue weighted by Gasteiger charge is 2.46. The number of aromatic hydroxyl groups is 1. The zero-order chi connectivity index (χ0) is 25.5. The molecule has 1 aliphatic rings. The fourth-order valence-electron chi connectivity index (χ4n) is 4.34. The Balaban J connectivity index is 2.03. The highest BCUT2D eigenvalue weighted by atomic mass is 16.5. The smallest absolute Gasteiger partial charge is 0.295 e. The molecule has 1 atom stereocenters. The minimum absolute atomic E-state index is 0.0549. The van der Waals surface area contributed by atoms with Crippen molar-refractivity contribution in [1.82, 2.24) is 9.80 Å². The molecule has 2 N–H and O–H groups in total. The summed E-state index contributed by atoms with van der Waals surface area (Å²) in [4.78, 5) is 30.0. The first-order chi connectivity index (χ1) is 16.8. The van der Waals surface area contributed by atoms with Crippen LogP contribution in [0.5, 0.6) is 11.5 Å². The number of ether oxygens (including phenoxy) is 1. The molecule has 3 rings (SSSR count). The Labute approximate surface area is 207 Å². The number of nitrogens with zero attached hydrogens (tertiary/aromatic N) is 2. The zero-order valence-corrected chi connectivity index (χ0v) is 21.1. The lowest BCUT2D eigenvalue weighted by atomic mass is 9.94. The van der Waals surface area contributed by atoms with Gasteiger partial charge in [0.25, 0.3) is 11.7 Å². The molecule has 188 valence electrons. The summed E-state index contributed by atoms with van der Waals surface area (Å²) in [5.41, 5.74) is 2.00. The Morgan fingerprint density at radius 2 is 1.74 bits per heavy atom. The molecule has 0 radical (unpaired) electrons. The van der Waals surface area contributed by atoms with E-state index in [0.29, 0.717) is 30.8 Å². The number of amides is 1. The number of aliphatic hydroxyl groups is 1. The number of likely N-dealkylation sites (N-methyl/N-ethyl adjacent to an activating group) is 1. The van der Waals surface area contributed by atoms with Gasteiger partial charge in [-0.25, -0.2) is 0 Å². The Morgan fingerprint density at radius 1 is 1.06 bits per heavy atom. The molecule has 1 heterocycles. The van der Waals surface area contributed by atoms with Gasteiger partial charge in [0.1, 0.15) is 17.3 Å². The predicted octanol–water partition coefficient (Wildman–Crippen LogP) is 4.64. The van der Waals surface area contributed by atoms with Gasteiger partial charge in [-0.15, -0.1) is 0 Å². The summed E-state index contributed by atoms with van der Waals surface area (Å²) in [6.45, 7) is 11.3. The third kappa shape index (κ3) is 5.85. The highest BCUT2D eigenvalue weighted by Crippen LogP contribution is 2.40. The van der Waals surface area contributed by atoms with E-state index < -0.39 is 17.7 Å². The van der Waals surface area contributed by atoms with Crippen LogP contribution in [0.25, 0.3) is 5.76 Å². The van der Waals surface area contributed by atoms with Gasteiger partial charge >= 0.3 is 0 Å². The number of Topliss-reactive ketones (excluding diaryl/α,β-unsaturated/α-hetero) is 1. The molecule has 2 aromatic carbocycles. The van der Waals surface area contributed by atoms with Crippen LogP contribution in [0.2, 0.25) is 0 Å². The molecular formula is C28H36N2O5. The van der Waals surface area contributed by atoms with Gasteiger partial charge in [-0.05, 0) is 67.9 Å². The fourth-order valence-corrected chi connectivity index (χ4v) is 4.34. The number of hydrogen-bond acceptors (Lipinski definition) is 6. The molecule has 0 aromatic heterocycles. The van der Waals surface area contributed by atoms with Gasteiger partial charge in [-0.1, -0.05) is 39.3 Å². The van der Waals surface area contributed by atoms with Gasteiger partial charge in [-0.3, -0.25) is 9.59 Å². The number of aliphatic hydroxyl groups excluding tert-OH is 1. The van der Waals surface area contributed by atoms with Crippen molar-refractivity contribution in [3.63, 3.8) is 0 Å². The third-order valence-electron chi connectivity index (χ3n) is 6.50. The van der Waals surface area contributed by atoms with E-state index in [9.17, 15) is 19.8 Å². The normalized spacial score (nSPS) is 17.4. The number of carbonyl (C=O) groups is 2. The van der Waals surface area contributed by atoms with Crippen molar-refractivity contribution < 1.29 is 24.5 Å². The summed E-state index contributed by atoms with van der Waals surface area (Å²) >= 11 is 0. The summed E-state index contributed by atoms with van der Waals surface area (Å²) < 4.78 is 5.81. The summed E-state index contributed by atoms with van der Waals surface area (Å²) in [6, 6.07) is 10.9. The molecule has 0 saturated carbocycles. The van der Waals surface area contributed by atoms with E-state index in [0.717, 1.165) is 37.2 Å². The van der Waals surface area contributed by atoms with Crippen LogP contribution in [-0.2, 0) is 9.59 Å². The van der Waals surface area contributed by atoms with Crippen molar-refractivity contribution in [2.24, 2.45) is 0 Å². The zero-order valence-electron chi connectivity index (χ0n) is 21.1. The number of benzene rings is 2. The average molecular weight is 481 g/mol. The number of aryl methyl sites for hydroxylation is 1. The number of rotatable bonds is 11. The summed E-state index contributed by atoms with van der Waals surface area (Å²) in [7, 11) is 0. The fraction of sp³-hybridized carbons (Fsp3) is 0.429. The number of unbranched alkanes of at least 4 members (excludes halogenated alkanes) is 1. The summed E-state index contributed by atoms with van der Waals surface area (Å²) in [5.74, 6) is -0.739. The van der Waals surface area contributed by atoms with Crippen molar-refractivity contribution >= 4 is 17.4 Å². The minimum Gasteiger partial charge on any atom is -0.508 e. The number of hydrogen-bond donors (Lipinski definition) is 2. The molecule has 1 fully saturated rings. The second-order valence-corrected chi connectivity index (χ2v) is 8.79. The maximum Gasteiger partial charge on any atom is 0.295 e. The lowest BCUT2D eigenvalue weighted by Crippen LogP contribution is -2.38. The molecule has 0 aliphatic carbocycles. The Bertz CT molecular complexity index is 1070. The van der Waals surface area contributed by atoms with Crippen LogP contribution in [0, 0.1) is 6.92 Å². The van der Waals surface area contributed by atoms with E-state index >= 15 is 0 Å². The Hall–Kier alpha value is -3.32. The van der Waals surface area contributed by atoms with Crippen molar-refractivity contribution in [1.29, 1.82) is 0 Å². The van der Waals surface area contributed by atoms with Gasteiger partial charge in [0, 0.05) is 18.7 Å². The quantitative estimate of drug-likeness (QED) is 0.211. The van der Waals surface area contributed by atoms with E-state index in [4.69, 9.17) is 4.74 Å². The van der Waals surface area contributed by atoms with Crippen LogP contribution in [0.1, 0.15) is 56.3 Å². The standard InChI is InChI=1S/C28H36N2O5/c1-5-8-17-35-23-14-11-21(18-19(23)4)26(32)24-25(20-9-12-22(31)13-10-20)30(28(34)27(24)33)16-15-29(6-2)7-3/h9-14,18,25,31-32H,5-8,15-17H2,1-4H3/b26-24-. The Kier molecular flexibility index (Phi) is 8.93.